The maximum absolute atomic E-state index is 12.6. The fourth-order valence-electron chi connectivity index (χ4n) is 1.89. The minimum atomic E-state index is -3.35. The third-order valence-electron chi connectivity index (χ3n) is 2.98. The number of sulfonamides is 1. The molecule has 0 atom stereocenters. The molecule has 4 nitrogen and oxygen atoms in total. The topological polar surface area (TPSA) is 49.4 Å². The molecular weight excluding hydrogens is 380 g/mol. The molecule has 2 heterocycles. The van der Waals surface area contributed by atoms with Crippen LogP contribution in [-0.4, -0.2) is 43.4 Å². The molecule has 1 saturated heterocycles. The molecule has 1 fully saturated rings. The molecule has 0 bridgehead atoms. The van der Waals surface area contributed by atoms with Crippen LogP contribution in [0.25, 0.3) is 0 Å². The Morgan fingerprint density at radius 1 is 1.40 bits per heavy atom. The molecule has 1 N–H and O–H groups in total. The van der Waals surface area contributed by atoms with Crippen LogP contribution in [0.15, 0.2) is 14.7 Å². The fraction of sp³-hybridized carbons (Fsp3) is 0.667. The largest absolute Gasteiger partial charge is 0.310 e. The lowest BCUT2D eigenvalue weighted by atomic mass is 10.4. The molecule has 0 saturated carbocycles. The number of hydrogen-bond donors (Lipinski definition) is 1. The van der Waals surface area contributed by atoms with Crippen molar-refractivity contribution in [2.45, 2.75) is 31.3 Å². The van der Waals surface area contributed by atoms with E-state index in [1.54, 1.807) is 22.1 Å². The third kappa shape index (κ3) is 3.98. The number of hydrogen-bond acceptors (Lipinski definition) is 5. The zero-order valence-electron chi connectivity index (χ0n) is 11.6. The second-order valence-corrected chi connectivity index (χ2v) is 10.5. The maximum Gasteiger partial charge on any atom is 0.245 e. The van der Waals surface area contributed by atoms with Gasteiger partial charge in [-0.05, 0) is 22.0 Å². The molecule has 0 spiro atoms. The molecule has 0 amide bonds. The lowest BCUT2D eigenvalue weighted by Gasteiger charge is -2.25. The molecule has 20 heavy (non-hydrogen) atoms. The number of nitrogens with zero attached hydrogens (tertiary/aromatic N) is 1. The molecule has 1 aliphatic heterocycles. The Hall–Kier alpha value is 0.400. The molecule has 0 unspecified atom stereocenters. The van der Waals surface area contributed by atoms with Gasteiger partial charge in [0.05, 0.1) is 3.79 Å². The quantitative estimate of drug-likeness (QED) is 0.827. The zero-order valence-corrected chi connectivity index (χ0v) is 15.6. The van der Waals surface area contributed by atoms with Gasteiger partial charge in [0.15, 0.2) is 0 Å². The molecule has 8 heteroatoms. The van der Waals surface area contributed by atoms with E-state index in [2.05, 4.69) is 35.1 Å². The summed E-state index contributed by atoms with van der Waals surface area (Å²) < 4.78 is 27.6. The monoisotopic (exact) mass is 398 g/mol. The van der Waals surface area contributed by atoms with Crippen LogP contribution in [-0.2, 0) is 16.6 Å². The number of thioether (sulfide) groups is 1. The highest BCUT2D eigenvalue weighted by molar-refractivity contribution is 9.11. The van der Waals surface area contributed by atoms with Crippen LogP contribution in [0, 0.1) is 0 Å². The Labute approximate surface area is 137 Å². The first-order valence-corrected chi connectivity index (χ1v) is 10.7. The summed E-state index contributed by atoms with van der Waals surface area (Å²) in [5, 5.41) is 3.31. The third-order valence-corrected chi connectivity index (χ3v) is 8.07. The van der Waals surface area contributed by atoms with Crippen LogP contribution in [0.1, 0.15) is 18.7 Å². The molecule has 0 radical (unpaired) electrons. The van der Waals surface area contributed by atoms with E-state index >= 15 is 0 Å². The van der Waals surface area contributed by atoms with Crippen molar-refractivity contribution >= 4 is 49.1 Å². The Morgan fingerprint density at radius 2 is 2.05 bits per heavy atom. The van der Waals surface area contributed by atoms with E-state index in [4.69, 9.17) is 0 Å². The van der Waals surface area contributed by atoms with E-state index in [9.17, 15) is 8.42 Å². The SMILES string of the molecule is CC(C)NCc1cc(S(=O)(=O)N2CCSCC2)c(Br)s1. The minimum absolute atomic E-state index is 0.384. The molecule has 0 aromatic carbocycles. The Bertz CT molecular complexity index is 551. The molecule has 0 aliphatic carbocycles. The molecule has 1 aliphatic rings. The van der Waals surface area contributed by atoms with Gasteiger partial charge in [0.2, 0.25) is 10.0 Å². The van der Waals surface area contributed by atoms with Gasteiger partial charge in [-0.1, -0.05) is 13.8 Å². The predicted octanol–water partition coefficient (Wildman–Crippen LogP) is 2.75. The van der Waals surface area contributed by atoms with Gasteiger partial charge >= 0.3 is 0 Å². The van der Waals surface area contributed by atoms with Gasteiger partial charge in [-0.25, -0.2) is 8.42 Å². The predicted molar refractivity (Wildman–Crippen MR) is 90.1 cm³/mol. The highest BCUT2D eigenvalue weighted by Gasteiger charge is 2.29. The van der Waals surface area contributed by atoms with Crippen LogP contribution in [0.2, 0.25) is 0 Å². The Morgan fingerprint density at radius 3 is 2.65 bits per heavy atom. The van der Waals surface area contributed by atoms with Gasteiger partial charge in [0.25, 0.3) is 0 Å². The normalized spacial score (nSPS) is 17.8. The van der Waals surface area contributed by atoms with E-state index in [1.807, 2.05) is 0 Å². The summed E-state index contributed by atoms with van der Waals surface area (Å²) in [6.45, 7) is 6.06. The van der Waals surface area contributed by atoms with Crippen molar-refractivity contribution in [3.05, 3.63) is 14.7 Å². The van der Waals surface area contributed by atoms with Crippen LogP contribution in [0.5, 0.6) is 0 Å². The molecular formula is C12H19BrN2O2S3. The summed E-state index contributed by atoms with van der Waals surface area (Å²) in [6, 6.07) is 2.18. The van der Waals surface area contributed by atoms with E-state index in [-0.39, 0.29) is 0 Å². The summed E-state index contributed by atoms with van der Waals surface area (Å²) in [5.74, 6) is 1.76. The lowest BCUT2D eigenvalue weighted by molar-refractivity contribution is 0.443. The van der Waals surface area contributed by atoms with Crippen molar-refractivity contribution in [3.8, 4) is 0 Å². The highest BCUT2D eigenvalue weighted by Crippen LogP contribution is 2.34. The summed E-state index contributed by atoms with van der Waals surface area (Å²) in [6.07, 6.45) is 0. The summed E-state index contributed by atoms with van der Waals surface area (Å²) >= 11 is 6.70. The van der Waals surface area contributed by atoms with Gasteiger partial charge in [-0.3, -0.25) is 0 Å². The minimum Gasteiger partial charge on any atom is -0.310 e. The van der Waals surface area contributed by atoms with E-state index in [0.717, 1.165) is 16.4 Å². The summed E-state index contributed by atoms with van der Waals surface area (Å²) in [4.78, 5) is 1.45. The van der Waals surface area contributed by atoms with Crippen molar-refractivity contribution in [1.82, 2.24) is 9.62 Å². The second-order valence-electron chi connectivity index (χ2n) is 4.90. The molecule has 1 aromatic rings. The Balaban J connectivity index is 2.18. The van der Waals surface area contributed by atoms with E-state index in [1.165, 1.54) is 11.3 Å². The van der Waals surface area contributed by atoms with Gasteiger partial charge in [0.1, 0.15) is 4.90 Å². The first-order chi connectivity index (χ1) is 9.41. The fourth-order valence-corrected chi connectivity index (χ4v) is 7.05. The zero-order chi connectivity index (χ0) is 14.8. The smallest absolute Gasteiger partial charge is 0.245 e. The van der Waals surface area contributed by atoms with Crippen molar-refractivity contribution in [2.24, 2.45) is 0 Å². The lowest BCUT2D eigenvalue weighted by Crippen LogP contribution is -2.37. The van der Waals surface area contributed by atoms with Crippen molar-refractivity contribution < 1.29 is 8.42 Å². The maximum atomic E-state index is 12.6. The van der Waals surface area contributed by atoms with Crippen molar-refractivity contribution in [2.75, 3.05) is 24.6 Å². The first-order valence-electron chi connectivity index (χ1n) is 6.50. The summed E-state index contributed by atoms with van der Waals surface area (Å²) in [5.41, 5.74) is 0. The number of nitrogens with one attached hydrogen (secondary N) is 1. The highest BCUT2D eigenvalue weighted by atomic mass is 79.9. The standard InChI is InChI=1S/C12H19BrN2O2S3/c1-9(2)14-8-10-7-11(12(13)19-10)20(16,17)15-3-5-18-6-4-15/h7,9,14H,3-6,8H2,1-2H3. The van der Waals surface area contributed by atoms with Gasteiger partial charge < -0.3 is 5.32 Å². The van der Waals surface area contributed by atoms with Crippen LogP contribution in [0.4, 0.5) is 0 Å². The Kier molecular flexibility index (Phi) is 5.96. The van der Waals surface area contributed by atoms with Gasteiger partial charge in [0, 0.05) is 42.1 Å². The van der Waals surface area contributed by atoms with Crippen LogP contribution < -0.4 is 5.32 Å². The van der Waals surface area contributed by atoms with Crippen molar-refractivity contribution in [1.29, 1.82) is 0 Å². The first kappa shape index (κ1) is 16.8. The van der Waals surface area contributed by atoms with Gasteiger partial charge in [-0.15, -0.1) is 11.3 Å². The summed E-state index contributed by atoms with van der Waals surface area (Å²) in [7, 11) is -3.35. The average Bonchev–Trinajstić information content (AvgIpc) is 2.79. The van der Waals surface area contributed by atoms with Gasteiger partial charge in [-0.2, -0.15) is 16.1 Å². The number of halogens is 1. The molecule has 1 aromatic heterocycles. The molecule has 114 valence electrons. The van der Waals surface area contributed by atoms with Crippen LogP contribution >= 0.6 is 39.0 Å². The average molecular weight is 399 g/mol. The second kappa shape index (κ2) is 7.11. The van der Waals surface area contributed by atoms with Crippen LogP contribution in [0.3, 0.4) is 0 Å². The van der Waals surface area contributed by atoms with E-state index < -0.39 is 10.0 Å². The van der Waals surface area contributed by atoms with E-state index in [0.29, 0.717) is 34.4 Å². The number of rotatable bonds is 5. The van der Waals surface area contributed by atoms with Crippen molar-refractivity contribution in [3.63, 3.8) is 0 Å². The number of thiophene rings is 1. The molecule has 2 rings (SSSR count).